The van der Waals surface area contributed by atoms with Gasteiger partial charge in [0, 0.05) is 29.6 Å². The average molecular weight is 424 g/mol. The van der Waals surface area contributed by atoms with E-state index >= 15 is 0 Å². The highest BCUT2D eigenvalue weighted by Gasteiger charge is 2.69. The summed E-state index contributed by atoms with van der Waals surface area (Å²) in [5.74, 6) is -0.0404. The minimum absolute atomic E-state index is 0.00450. The molecule has 1 aromatic carbocycles. The van der Waals surface area contributed by atoms with Crippen molar-refractivity contribution < 1.29 is 23.6 Å². The van der Waals surface area contributed by atoms with Crippen molar-refractivity contribution in [1.29, 1.82) is 0 Å². The Morgan fingerprint density at radius 3 is 2.66 bits per heavy atom. The monoisotopic (exact) mass is 423 g/mol. The summed E-state index contributed by atoms with van der Waals surface area (Å²) in [6.07, 6.45) is 4.82. The average Bonchev–Trinajstić information content (AvgIpc) is 3.36. The van der Waals surface area contributed by atoms with Crippen molar-refractivity contribution in [2.45, 2.75) is 61.7 Å². The first-order valence-corrected chi connectivity index (χ1v) is 10.4. The van der Waals surface area contributed by atoms with Crippen LogP contribution in [0.4, 0.5) is 4.39 Å². The summed E-state index contributed by atoms with van der Waals surface area (Å²) >= 11 is 5.63. The SMILES string of the molecule is O=C(COc1ccc(Cl)c(F)c1)NC12CC(NC(=O)C3CC(C4CC4)NO3)(C1)C2. The van der Waals surface area contributed by atoms with Gasteiger partial charge in [-0.1, -0.05) is 11.6 Å². The van der Waals surface area contributed by atoms with Crippen LogP contribution in [0.3, 0.4) is 0 Å². The molecule has 0 spiro atoms. The lowest BCUT2D eigenvalue weighted by Crippen LogP contribution is -2.84. The molecule has 3 N–H and O–H groups in total. The van der Waals surface area contributed by atoms with E-state index in [0.29, 0.717) is 31.2 Å². The van der Waals surface area contributed by atoms with Crippen LogP contribution < -0.4 is 20.9 Å². The van der Waals surface area contributed by atoms with Crippen LogP contribution in [0.5, 0.6) is 5.75 Å². The number of carbonyl (C=O) groups excluding carboxylic acids is 2. The highest BCUT2D eigenvalue weighted by Crippen LogP contribution is 2.60. The molecule has 2 atom stereocenters. The van der Waals surface area contributed by atoms with Crippen LogP contribution in [0.1, 0.15) is 38.5 Å². The molecule has 1 aromatic rings. The Hall–Kier alpha value is -1.90. The smallest absolute Gasteiger partial charge is 0.258 e. The Kier molecular flexibility index (Phi) is 4.49. The molecule has 2 amide bonds. The molecule has 1 heterocycles. The van der Waals surface area contributed by atoms with Crippen molar-refractivity contribution in [2.75, 3.05) is 6.61 Å². The third-order valence-electron chi connectivity index (χ3n) is 6.40. The zero-order chi connectivity index (χ0) is 20.2. The quantitative estimate of drug-likeness (QED) is 0.622. The van der Waals surface area contributed by atoms with E-state index in [2.05, 4.69) is 16.1 Å². The van der Waals surface area contributed by atoms with Gasteiger partial charge >= 0.3 is 0 Å². The fourth-order valence-corrected chi connectivity index (χ4v) is 5.00. The molecule has 4 saturated carbocycles. The summed E-state index contributed by atoms with van der Waals surface area (Å²) in [6, 6.07) is 4.33. The van der Waals surface area contributed by atoms with E-state index < -0.39 is 11.9 Å². The maximum atomic E-state index is 13.4. The van der Waals surface area contributed by atoms with Crippen LogP contribution in [-0.2, 0) is 14.4 Å². The van der Waals surface area contributed by atoms with Crippen molar-refractivity contribution in [3.05, 3.63) is 29.0 Å². The fraction of sp³-hybridized carbons (Fsp3) is 0.600. The molecule has 7 nitrogen and oxygen atoms in total. The van der Waals surface area contributed by atoms with Gasteiger partial charge < -0.3 is 15.4 Å². The number of hydrogen-bond acceptors (Lipinski definition) is 5. The van der Waals surface area contributed by atoms with Gasteiger partial charge in [-0.3, -0.25) is 14.4 Å². The topological polar surface area (TPSA) is 88.7 Å². The second kappa shape index (κ2) is 6.82. The molecule has 4 aliphatic carbocycles. The molecule has 1 saturated heterocycles. The third-order valence-corrected chi connectivity index (χ3v) is 6.70. The first kappa shape index (κ1) is 19.1. The Morgan fingerprint density at radius 1 is 1.24 bits per heavy atom. The molecule has 29 heavy (non-hydrogen) atoms. The Labute approximate surface area is 172 Å². The highest BCUT2D eigenvalue weighted by molar-refractivity contribution is 6.30. The maximum Gasteiger partial charge on any atom is 0.258 e. The number of nitrogens with one attached hydrogen (secondary N) is 3. The van der Waals surface area contributed by atoms with Crippen LogP contribution in [0.2, 0.25) is 5.02 Å². The lowest BCUT2D eigenvalue weighted by atomic mass is 9.44. The van der Waals surface area contributed by atoms with E-state index in [1.165, 1.54) is 25.0 Å². The van der Waals surface area contributed by atoms with E-state index in [-0.39, 0.29) is 40.3 Å². The Balaban J connectivity index is 1.05. The largest absolute Gasteiger partial charge is 0.484 e. The summed E-state index contributed by atoms with van der Waals surface area (Å²) in [4.78, 5) is 30.1. The van der Waals surface area contributed by atoms with E-state index in [1.54, 1.807) is 0 Å². The standard InChI is InChI=1S/C20H23ClFN3O4/c21-13-4-3-12(5-14(13)22)28-7-17(26)23-19-8-20(9-19,10-19)24-18(27)16-6-15(25-29-16)11-1-2-11/h3-5,11,15-16,25H,1-2,6-10H2,(H,23,26)(H,24,27). The van der Waals surface area contributed by atoms with Gasteiger partial charge in [0.15, 0.2) is 12.7 Å². The minimum atomic E-state index is -0.591. The highest BCUT2D eigenvalue weighted by atomic mass is 35.5. The fourth-order valence-electron chi connectivity index (χ4n) is 4.89. The van der Waals surface area contributed by atoms with Gasteiger partial charge in [-0.2, -0.15) is 5.48 Å². The van der Waals surface area contributed by atoms with E-state index in [1.807, 2.05) is 0 Å². The Bertz CT molecular complexity index is 842. The van der Waals surface area contributed by atoms with Crippen LogP contribution >= 0.6 is 11.6 Å². The molecule has 6 rings (SSSR count). The van der Waals surface area contributed by atoms with Crippen molar-refractivity contribution >= 4 is 23.4 Å². The van der Waals surface area contributed by atoms with Gasteiger partial charge in [0.2, 0.25) is 0 Å². The van der Waals surface area contributed by atoms with E-state index in [9.17, 15) is 14.0 Å². The summed E-state index contributed by atoms with van der Waals surface area (Å²) < 4.78 is 18.7. The zero-order valence-corrected chi connectivity index (χ0v) is 16.6. The number of ether oxygens (including phenoxy) is 1. The second-order valence-corrected chi connectivity index (χ2v) is 9.30. The number of hydrogen-bond donors (Lipinski definition) is 3. The predicted molar refractivity (Wildman–Crippen MR) is 102 cm³/mol. The molecule has 1 aliphatic heterocycles. The van der Waals surface area contributed by atoms with Crippen molar-refractivity contribution in [3.8, 4) is 5.75 Å². The van der Waals surface area contributed by atoms with Gasteiger partial charge in [0.1, 0.15) is 11.6 Å². The van der Waals surface area contributed by atoms with Crippen molar-refractivity contribution in [2.24, 2.45) is 5.92 Å². The normalized spacial score (nSPS) is 34.7. The van der Waals surface area contributed by atoms with E-state index in [4.69, 9.17) is 21.2 Å². The molecule has 9 heteroatoms. The Morgan fingerprint density at radius 2 is 1.97 bits per heavy atom. The second-order valence-electron chi connectivity index (χ2n) is 8.90. The molecule has 2 unspecified atom stereocenters. The molecule has 5 aliphatic rings. The van der Waals surface area contributed by atoms with E-state index in [0.717, 1.165) is 12.5 Å². The summed E-state index contributed by atoms with van der Waals surface area (Å²) in [5.41, 5.74) is 2.49. The van der Waals surface area contributed by atoms with Gasteiger partial charge in [0.05, 0.1) is 5.02 Å². The van der Waals surface area contributed by atoms with Gasteiger partial charge in [-0.15, -0.1) is 0 Å². The summed E-state index contributed by atoms with van der Waals surface area (Å²) in [6.45, 7) is -0.202. The summed E-state index contributed by atoms with van der Waals surface area (Å²) in [7, 11) is 0. The number of carbonyl (C=O) groups is 2. The van der Waals surface area contributed by atoms with Crippen LogP contribution in [0, 0.1) is 11.7 Å². The molecule has 156 valence electrons. The molecule has 0 radical (unpaired) electrons. The number of rotatable bonds is 7. The first-order chi connectivity index (χ1) is 13.9. The molecular formula is C20H23ClFN3O4. The molecule has 2 bridgehead atoms. The molecular weight excluding hydrogens is 401 g/mol. The van der Waals surface area contributed by atoms with Gasteiger partial charge in [0.25, 0.3) is 11.8 Å². The number of benzene rings is 1. The predicted octanol–water partition coefficient (Wildman–Crippen LogP) is 1.84. The first-order valence-electron chi connectivity index (χ1n) is 9.98. The lowest BCUT2D eigenvalue weighted by molar-refractivity contribution is -0.156. The van der Waals surface area contributed by atoms with Crippen molar-refractivity contribution in [1.82, 2.24) is 16.1 Å². The van der Waals surface area contributed by atoms with Gasteiger partial charge in [-0.05, 0) is 50.2 Å². The number of hydroxylamine groups is 1. The van der Waals surface area contributed by atoms with Crippen LogP contribution in [-0.4, -0.2) is 41.6 Å². The van der Waals surface area contributed by atoms with Crippen LogP contribution in [0.15, 0.2) is 18.2 Å². The number of amides is 2. The maximum absolute atomic E-state index is 13.4. The molecule has 0 aromatic heterocycles. The molecule has 5 fully saturated rings. The zero-order valence-electron chi connectivity index (χ0n) is 15.8. The summed E-state index contributed by atoms with van der Waals surface area (Å²) in [5, 5.41) is 6.09. The minimum Gasteiger partial charge on any atom is -0.484 e. The number of halogens is 2. The van der Waals surface area contributed by atoms with Crippen LogP contribution in [0.25, 0.3) is 0 Å². The van der Waals surface area contributed by atoms with Crippen molar-refractivity contribution in [3.63, 3.8) is 0 Å². The van der Waals surface area contributed by atoms with Gasteiger partial charge in [-0.25, -0.2) is 4.39 Å². The third kappa shape index (κ3) is 3.69. The lowest BCUT2D eigenvalue weighted by Gasteiger charge is -2.70.